The van der Waals surface area contributed by atoms with Gasteiger partial charge in [-0.3, -0.25) is 14.5 Å². The van der Waals surface area contributed by atoms with E-state index in [2.05, 4.69) is 0 Å². The molecule has 26 heavy (non-hydrogen) atoms. The van der Waals surface area contributed by atoms with Crippen LogP contribution in [0.4, 0.5) is 11.4 Å². The Morgan fingerprint density at radius 3 is 1.65 bits per heavy atom. The van der Waals surface area contributed by atoms with Crippen molar-refractivity contribution < 1.29 is 14.3 Å². The van der Waals surface area contributed by atoms with Crippen molar-refractivity contribution in [2.24, 2.45) is 0 Å². The molecule has 0 radical (unpaired) electrons. The fourth-order valence-electron chi connectivity index (χ4n) is 2.61. The molecule has 0 fully saturated rings. The second-order valence-corrected chi connectivity index (χ2v) is 5.72. The predicted octanol–water partition coefficient (Wildman–Crippen LogP) is 4.14. The first kappa shape index (κ1) is 17.4. The van der Waals surface area contributed by atoms with Crippen molar-refractivity contribution in [2.75, 3.05) is 11.5 Å². The van der Waals surface area contributed by atoms with Gasteiger partial charge >= 0.3 is 5.97 Å². The molecule has 0 saturated heterocycles. The van der Waals surface area contributed by atoms with E-state index in [1.165, 1.54) is 0 Å². The van der Waals surface area contributed by atoms with Crippen molar-refractivity contribution in [3.05, 3.63) is 96.6 Å². The first-order valence-corrected chi connectivity index (χ1v) is 8.36. The first-order chi connectivity index (χ1) is 12.7. The van der Waals surface area contributed by atoms with Crippen molar-refractivity contribution >= 4 is 23.3 Å². The molecule has 0 aliphatic carbocycles. The summed E-state index contributed by atoms with van der Waals surface area (Å²) in [6.45, 7) is -0.310. The Bertz CT molecular complexity index is 809. The van der Waals surface area contributed by atoms with Crippen LogP contribution in [0.25, 0.3) is 0 Å². The highest BCUT2D eigenvalue weighted by molar-refractivity contribution is 6.01. The van der Waals surface area contributed by atoms with Gasteiger partial charge in [-0.15, -0.1) is 0 Å². The third kappa shape index (κ3) is 4.57. The van der Waals surface area contributed by atoms with Gasteiger partial charge in [0.2, 0.25) is 0 Å². The molecule has 0 atom stereocenters. The molecule has 0 bridgehead atoms. The van der Waals surface area contributed by atoms with Crippen molar-refractivity contribution in [1.29, 1.82) is 0 Å². The summed E-state index contributed by atoms with van der Waals surface area (Å²) in [5.41, 5.74) is 2.30. The Labute approximate surface area is 152 Å². The lowest BCUT2D eigenvalue weighted by atomic mass is 10.2. The van der Waals surface area contributed by atoms with Gasteiger partial charge in [-0.2, -0.15) is 0 Å². The summed E-state index contributed by atoms with van der Waals surface area (Å²) >= 11 is 0. The van der Waals surface area contributed by atoms with E-state index < -0.39 is 5.97 Å². The van der Waals surface area contributed by atoms with Crippen LogP contribution < -0.4 is 4.90 Å². The van der Waals surface area contributed by atoms with Crippen LogP contribution in [0, 0.1) is 0 Å². The highest BCUT2D eigenvalue weighted by atomic mass is 16.5. The number of esters is 1. The van der Waals surface area contributed by atoms with Crippen LogP contribution in [-0.4, -0.2) is 18.5 Å². The summed E-state index contributed by atoms with van der Waals surface area (Å²) in [5, 5.41) is 0. The Morgan fingerprint density at radius 2 is 1.15 bits per heavy atom. The molecule has 3 aromatic rings. The Hall–Kier alpha value is -3.40. The van der Waals surface area contributed by atoms with E-state index in [9.17, 15) is 9.59 Å². The van der Waals surface area contributed by atoms with Gasteiger partial charge < -0.3 is 4.74 Å². The molecule has 4 nitrogen and oxygen atoms in total. The lowest BCUT2D eigenvalue weighted by molar-refractivity contribution is -0.147. The van der Waals surface area contributed by atoms with Gasteiger partial charge in [-0.1, -0.05) is 66.7 Å². The predicted molar refractivity (Wildman–Crippen MR) is 101 cm³/mol. The monoisotopic (exact) mass is 345 g/mol. The standard InChI is InChI=1S/C22H19NO3/c24-21(17-26-22(25)16-18-10-4-1-5-11-18)23(19-12-6-2-7-13-19)20-14-8-3-9-15-20/h1-15H,16-17H2. The van der Waals surface area contributed by atoms with E-state index in [0.717, 1.165) is 16.9 Å². The number of para-hydroxylation sites is 2. The topological polar surface area (TPSA) is 46.6 Å². The van der Waals surface area contributed by atoms with Crippen LogP contribution >= 0.6 is 0 Å². The number of anilines is 2. The smallest absolute Gasteiger partial charge is 0.310 e. The zero-order chi connectivity index (χ0) is 18.2. The van der Waals surface area contributed by atoms with Crippen molar-refractivity contribution in [2.45, 2.75) is 6.42 Å². The number of amides is 1. The molecule has 0 heterocycles. The molecule has 1 amide bonds. The number of nitrogens with zero attached hydrogens (tertiary/aromatic N) is 1. The minimum atomic E-state index is -0.425. The van der Waals surface area contributed by atoms with E-state index in [-0.39, 0.29) is 18.9 Å². The third-order valence-corrected chi connectivity index (χ3v) is 3.83. The molecule has 0 spiro atoms. The zero-order valence-electron chi connectivity index (χ0n) is 14.2. The normalized spacial score (nSPS) is 10.2. The van der Waals surface area contributed by atoms with Crippen LogP contribution in [0.5, 0.6) is 0 Å². The minimum absolute atomic E-state index is 0.144. The number of carbonyl (C=O) groups is 2. The number of benzene rings is 3. The summed E-state index contributed by atoms with van der Waals surface area (Å²) in [7, 11) is 0. The maximum Gasteiger partial charge on any atom is 0.310 e. The molecule has 0 aromatic heterocycles. The van der Waals surface area contributed by atoms with Gasteiger partial charge in [-0.05, 0) is 29.8 Å². The van der Waals surface area contributed by atoms with Gasteiger partial charge in [0.25, 0.3) is 5.91 Å². The third-order valence-electron chi connectivity index (χ3n) is 3.83. The fourth-order valence-corrected chi connectivity index (χ4v) is 2.61. The average molecular weight is 345 g/mol. The molecule has 0 aliphatic heterocycles. The molecule has 0 unspecified atom stereocenters. The second-order valence-electron chi connectivity index (χ2n) is 5.72. The highest BCUT2D eigenvalue weighted by Crippen LogP contribution is 2.25. The fraction of sp³-hybridized carbons (Fsp3) is 0.0909. The lowest BCUT2D eigenvalue weighted by Crippen LogP contribution is -2.31. The molecule has 130 valence electrons. The van der Waals surface area contributed by atoms with Gasteiger partial charge in [-0.25, -0.2) is 0 Å². The summed E-state index contributed by atoms with van der Waals surface area (Å²) in [4.78, 5) is 26.3. The summed E-state index contributed by atoms with van der Waals surface area (Å²) < 4.78 is 5.20. The van der Waals surface area contributed by atoms with Gasteiger partial charge in [0.1, 0.15) is 0 Å². The summed E-state index contributed by atoms with van der Waals surface area (Å²) in [5.74, 6) is -0.727. The maximum atomic E-state index is 12.7. The largest absolute Gasteiger partial charge is 0.455 e. The zero-order valence-corrected chi connectivity index (χ0v) is 14.2. The molecular formula is C22H19NO3. The maximum absolute atomic E-state index is 12.7. The number of carbonyl (C=O) groups excluding carboxylic acids is 2. The Kier molecular flexibility index (Phi) is 5.78. The molecule has 0 saturated carbocycles. The van der Waals surface area contributed by atoms with E-state index in [1.807, 2.05) is 91.0 Å². The Morgan fingerprint density at radius 1 is 0.692 bits per heavy atom. The SMILES string of the molecule is O=C(Cc1ccccc1)OCC(=O)N(c1ccccc1)c1ccccc1. The van der Waals surface area contributed by atoms with E-state index in [0.29, 0.717) is 0 Å². The van der Waals surface area contributed by atoms with E-state index >= 15 is 0 Å². The lowest BCUT2D eigenvalue weighted by Gasteiger charge is -2.22. The van der Waals surface area contributed by atoms with Crippen LogP contribution in [0.1, 0.15) is 5.56 Å². The van der Waals surface area contributed by atoms with Crippen LogP contribution in [0.2, 0.25) is 0 Å². The highest BCUT2D eigenvalue weighted by Gasteiger charge is 2.19. The molecular weight excluding hydrogens is 326 g/mol. The molecule has 3 rings (SSSR count). The van der Waals surface area contributed by atoms with Crippen molar-refractivity contribution in [3.63, 3.8) is 0 Å². The van der Waals surface area contributed by atoms with Crippen LogP contribution in [-0.2, 0) is 20.7 Å². The molecule has 4 heteroatoms. The van der Waals surface area contributed by atoms with Crippen molar-refractivity contribution in [3.8, 4) is 0 Å². The van der Waals surface area contributed by atoms with Crippen molar-refractivity contribution in [1.82, 2.24) is 0 Å². The summed E-state index contributed by atoms with van der Waals surface area (Å²) in [6.07, 6.45) is 0.144. The van der Waals surface area contributed by atoms with E-state index in [4.69, 9.17) is 4.74 Å². The Balaban J connectivity index is 1.69. The number of hydrogen-bond donors (Lipinski definition) is 0. The van der Waals surface area contributed by atoms with Gasteiger partial charge in [0.15, 0.2) is 6.61 Å². The van der Waals surface area contributed by atoms with E-state index in [1.54, 1.807) is 4.90 Å². The second kappa shape index (κ2) is 8.62. The summed E-state index contributed by atoms with van der Waals surface area (Å²) in [6, 6.07) is 27.9. The first-order valence-electron chi connectivity index (χ1n) is 8.36. The molecule has 0 aliphatic rings. The number of hydrogen-bond acceptors (Lipinski definition) is 3. The average Bonchev–Trinajstić information content (AvgIpc) is 2.69. The quantitative estimate of drug-likeness (QED) is 0.631. The van der Waals surface area contributed by atoms with Gasteiger partial charge in [0.05, 0.1) is 6.42 Å². The minimum Gasteiger partial charge on any atom is -0.455 e. The van der Waals surface area contributed by atoms with Crippen LogP contribution in [0.15, 0.2) is 91.0 Å². The van der Waals surface area contributed by atoms with Gasteiger partial charge in [0, 0.05) is 11.4 Å². The molecule has 3 aromatic carbocycles. The number of rotatable bonds is 6. The molecule has 0 N–H and O–H groups in total. The number of ether oxygens (including phenoxy) is 1. The van der Waals surface area contributed by atoms with Crippen LogP contribution in [0.3, 0.4) is 0 Å².